The van der Waals surface area contributed by atoms with E-state index in [0.717, 1.165) is 57.4 Å². The van der Waals surface area contributed by atoms with Crippen molar-refractivity contribution in [3.8, 4) is 0 Å². The highest BCUT2D eigenvalue weighted by Gasteiger charge is 2.40. The Labute approximate surface area is 173 Å². The van der Waals surface area contributed by atoms with Crippen LogP contribution in [0, 0.1) is 0 Å². The quantitative estimate of drug-likeness (QED) is 0.839. The van der Waals surface area contributed by atoms with Crippen molar-refractivity contribution in [2.45, 2.75) is 43.7 Å². The largest absolute Gasteiger partial charge is 0.385 e. The molecule has 2 heterocycles. The predicted octanol–water partition coefficient (Wildman–Crippen LogP) is 3.01. The summed E-state index contributed by atoms with van der Waals surface area (Å²) in [5.74, 6) is 0.0215. The summed E-state index contributed by atoms with van der Waals surface area (Å²) in [4.78, 5) is 11.9. The second kappa shape index (κ2) is 8.27. The topological polar surface area (TPSA) is 55.8 Å². The average molecular weight is 394 g/mol. The Balaban J connectivity index is 1.40. The lowest BCUT2D eigenvalue weighted by atomic mass is 9.81. The first kappa shape index (κ1) is 20.1. The van der Waals surface area contributed by atoms with Crippen molar-refractivity contribution in [3.63, 3.8) is 0 Å². The van der Waals surface area contributed by atoms with Gasteiger partial charge in [-0.15, -0.1) is 0 Å². The first-order valence-corrected chi connectivity index (χ1v) is 10.6. The molecule has 2 fully saturated rings. The lowest BCUT2D eigenvalue weighted by Gasteiger charge is -2.49. The normalized spacial score (nSPS) is 22.1. The van der Waals surface area contributed by atoms with E-state index >= 15 is 0 Å². The third kappa shape index (κ3) is 4.22. The highest BCUT2D eigenvalue weighted by molar-refractivity contribution is 5.74. The standard InChI is InChI=1S/C24H31N3O2/c1-20(28)25-23(21-8-4-2-5-9-21)12-16-26(17-13-23)27-18-14-24(29,15-19-27)22-10-6-3-7-11-22/h2-11,29H,12-19H2,1H3,(H,25,28). The molecular formula is C24H31N3O2. The summed E-state index contributed by atoms with van der Waals surface area (Å²) in [5, 5.41) is 19.1. The van der Waals surface area contributed by atoms with Gasteiger partial charge in [-0.1, -0.05) is 60.7 Å². The SMILES string of the molecule is CC(=O)NC1(c2ccccc2)CCN(N2CCC(O)(c3ccccc3)CC2)CC1. The Morgan fingerprint density at radius 3 is 1.72 bits per heavy atom. The number of amides is 1. The van der Waals surface area contributed by atoms with E-state index in [0.29, 0.717) is 0 Å². The van der Waals surface area contributed by atoms with Gasteiger partial charge in [-0.25, -0.2) is 10.0 Å². The van der Waals surface area contributed by atoms with Gasteiger partial charge in [0, 0.05) is 33.1 Å². The summed E-state index contributed by atoms with van der Waals surface area (Å²) < 4.78 is 0. The zero-order chi connectivity index (χ0) is 20.3. The Morgan fingerprint density at radius 1 is 0.793 bits per heavy atom. The molecule has 2 aromatic rings. The number of hydrogen-bond donors (Lipinski definition) is 2. The summed E-state index contributed by atoms with van der Waals surface area (Å²) >= 11 is 0. The first-order chi connectivity index (χ1) is 14.0. The number of benzene rings is 2. The van der Waals surface area contributed by atoms with Crippen LogP contribution in [0.15, 0.2) is 60.7 Å². The van der Waals surface area contributed by atoms with Gasteiger partial charge in [-0.2, -0.15) is 0 Å². The molecule has 2 aliphatic heterocycles. The summed E-state index contributed by atoms with van der Waals surface area (Å²) in [5.41, 5.74) is 1.20. The van der Waals surface area contributed by atoms with Gasteiger partial charge in [-0.3, -0.25) is 4.79 Å². The molecule has 2 aromatic carbocycles. The molecule has 0 aliphatic carbocycles. The second-order valence-corrected chi connectivity index (χ2v) is 8.43. The smallest absolute Gasteiger partial charge is 0.217 e. The van der Waals surface area contributed by atoms with Crippen LogP contribution in [0.1, 0.15) is 43.7 Å². The molecular weight excluding hydrogens is 362 g/mol. The highest BCUT2D eigenvalue weighted by Crippen LogP contribution is 2.36. The van der Waals surface area contributed by atoms with E-state index in [1.54, 1.807) is 6.92 Å². The maximum absolute atomic E-state index is 11.9. The van der Waals surface area contributed by atoms with Crippen LogP contribution in [0.3, 0.4) is 0 Å². The Hall–Kier alpha value is -2.21. The van der Waals surface area contributed by atoms with Gasteiger partial charge in [0.05, 0.1) is 11.1 Å². The number of rotatable bonds is 4. The van der Waals surface area contributed by atoms with Crippen molar-refractivity contribution in [1.29, 1.82) is 0 Å². The van der Waals surface area contributed by atoms with Crippen LogP contribution in [0.5, 0.6) is 0 Å². The Bertz CT molecular complexity index is 809. The average Bonchev–Trinajstić information content (AvgIpc) is 2.76. The van der Waals surface area contributed by atoms with Gasteiger partial charge in [0.25, 0.3) is 0 Å². The lowest BCUT2D eigenvalue weighted by molar-refractivity contribution is -0.128. The van der Waals surface area contributed by atoms with E-state index in [2.05, 4.69) is 27.5 Å². The maximum atomic E-state index is 11.9. The van der Waals surface area contributed by atoms with Crippen LogP contribution in [0.4, 0.5) is 0 Å². The van der Waals surface area contributed by atoms with Crippen molar-refractivity contribution >= 4 is 5.91 Å². The van der Waals surface area contributed by atoms with Crippen molar-refractivity contribution < 1.29 is 9.90 Å². The fourth-order valence-corrected chi connectivity index (χ4v) is 4.92. The number of nitrogens with zero attached hydrogens (tertiary/aromatic N) is 2. The molecule has 4 rings (SSSR count). The monoisotopic (exact) mass is 393 g/mol. The molecule has 29 heavy (non-hydrogen) atoms. The lowest BCUT2D eigenvalue weighted by Crippen LogP contribution is -2.58. The molecule has 5 heteroatoms. The van der Waals surface area contributed by atoms with E-state index in [9.17, 15) is 9.90 Å². The number of nitrogens with one attached hydrogen (secondary N) is 1. The molecule has 0 radical (unpaired) electrons. The molecule has 1 amide bonds. The molecule has 2 saturated heterocycles. The second-order valence-electron chi connectivity index (χ2n) is 8.43. The molecule has 2 aliphatic rings. The van der Waals surface area contributed by atoms with Crippen LogP contribution in [-0.2, 0) is 15.9 Å². The van der Waals surface area contributed by atoms with E-state index in [1.165, 1.54) is 5.56 Å². The minimum absolute atomic E-state index is 0.0215. The van der Waals surface area contributed by atoms with Crippen LogP contribution in [0.25, 0.3) is 0 Å². The van der Waals surface area contributed by atoms with Crippen molar-refractivity contribution in [2.75, 3.05) is 26.2 Å². The summed E-state index contributed by atoms with van der Waals surface area (Å²) in [7, 11) is 0. The number of carbonyl (C=O) groups excluding carboxylic acids is 1. The molecule has 0 bridgehead atoms. The van der Waals surface area contributed by atoms with Gasteiger partial charge in [0.15, 0.2) is 0 Å². The van der Waals surface area contributed by atoms with Gasteiger partial charge in [0.2, 0.25) is 5.91 Å². The van der Waals surface area contributed by atoms with Crippen LogP contribution in [0.2, 0.25) is 0 Å². The molecule has 154 valence electrons. The van der Waals surface area contributed by atoms with Gasteiger partial charge in [-0.05, 0) is 36.8 Å². The highest BCUT2D eigenvalue weighted by atomic mass is 16.3. The number of hydrogen-bond acceptors (Lipinski definition) is 4. The predicted molar refractivity (Wildman–Crippen MR) is 114 cm³/mol. The number of piperidine rings is 2. The molecule has 2 N–H and O–H groups in total. The zero-order valence-electron chi connectivity index (χ0n) is 17.2. The maximum Gasteiger partial charge on any atom is 0.217 e. The third-order valence-electron chi connectivity index (χ3n) is 6.61. The molecule has 5 nitrogen and oxygen atoms in total. The molecule has 0 atom stereocenters. The molecule has 0 spiro atoms. The summed E-state index contributed by atoms with van der Waals surface area (Å²) in [6, 6.07) is 20.4. The Kier molecular flexibility index (Phi) is 5.72. The van der Waals surface area contributed by atoms with Gasteiger partial charge >= 0.3 is 0 Å². The number of carbonyl (C=O) groups is 1. The Morgan fingerprint density at radius 2 is 1.24 bits per heavy atom. The van der Waals surface area contributed by atoms with E-state index in [4.69, 9.17) is 0 Å². The zero-order valence-corrected chi connectivity index (χ0v) is 17.2. The fourth-order valence-electron chi connectivity index (χ4n) is 4.92. The van der Waals surface area contributed by atoms with Gasteiger partial charge in [0.1, 0.15) is 0 Å². The van der Waals surface area contributed by atoms with Gasteiger partial charge < -0.3 is 10.4 Å². The molecule has 0 unspecified atom stereocenters. The molecule has 0 aromatic heterocycles. The number of hydrazine groups is 1. The van der Waals surface area contributed by atoms with Crippen molar-refractivity contribution in [2.24, 2.45) is 0 Å². The third-order valence-corrected chi connectivity index (χ3v) is 6.61. The van der Waals surface area contributed by atoms with E-state index in [1.807, 2.05) is 48.5 Å². The van der Waals surface area contributed by atoms with E-state index in [-0.39, 0.29) is 11.4 Å². The molecule has 0 saturated carbocycles. The summed E-state index contributed by atoms with van der Waals surface area (Å²) in [6.45, 7) is 5.11. The minimum atomic E-state index is -0.725. The van der Waals surface area contributed by atoms with Crippen molar-refractivity contribution in [3.05, 3.63) is 71.8 Å². The van der Waals surface area contributed by atoms with Crippen LogP contribution < -0.4 is 5.32 Å². The minimum Gasteiger partial charge on any atom is -0.385 e. The summed E-state index contributed by atoms with van der Waals surface area (Å²) in [6.07, 6.45) is 3.25. The van der Waals surface area contributed by atoms with Crippen LogP contribution in [-0.4, -0.2) is 47.2 Å². The number of aliphatic hydroxyl groups is 1. The van der Waals surface area contributed by atoms with Crippen molar-refractivity contribution in [1.82, 2.24) is 15.3 Å². The van der Waals surface area contributed by atoms with E-state index < -0.39 is 5.60 Å². The van der Waals surface area contributed by atoms with Crippen LogP contribution >= 0.6 is 0 Å². The fraction of sp³-hybridized carbons (Fsp3) is 0.458. The first-order valence-electron chi connectivity index (χ1n) is 10.6.